The van der Waals surface area contributed by atoms with Gasteiger partial charge in [-0.1, -0.05) is 36.4 Å². The summed E-state index contributed by atoms with van der Waals surface area (Å²) in [4.78, 5) is 29.7. The molecular weight excluding hydrogens is 400 g/mol. The van der Waals surface area contributed by atoms with Gasteiger partial charge in [0, 0.05) is 35.7 Å². The molecule has 4 rings (SSSR count). The number of para-hydroxylation sites is 1. The zero-order valence-corrected chi connectivity index (χ0v) is 18.2. The summed E-state index contributed by atoms with van der Waals surface area (Å²) in [6.45, 7) is 4.10. The van der Waals surface area contributed by atoms with Gasteiger partial charge in [-0.25, -0.2) is 4.98 Å². The van der Waals surface area contributed by atoms with E-state index in [1.807, 2.05) is 49.4 Å². The molecule has 6 nitrogen and oxygen atoms in total. The van der Waals surface area contributed by atoms with Crippen LogP contribution in [0.1, 0.15) is 21.5 Å². The fourth-order valence-electron chi connectivity index (χ4n) is 3.41. The highest BCUT2D eigenvalue weighted by atomic mass is 16.1. The van der Waals surface area contributed by atoms with Crippen LogP contribution in [0.25, 0.3) is 11.3 Å². The van der Waals surface area contributed by atoms with Crippen molar-refractivity contribution in [1.82, 2.24) is 9.55 Å². The van der Waals surface area contributed by atoms with Crippen molar-refractivity contribution >= 4 is 23.1 Å². The van der Waals surface area contributed by atoms with Gasteiger partial charge in [-0.15, -0.1) is 0 Å². The monoisotopic (exact) mass is 424 g/mol. The Morgan fingerprint density at radius 1 is 0.875 bits per heavy atom. The summed E-state index contributed by atoms with van der Waals surface area (Å²) < 4.78 is 1.52. The minimum Gasteiger partial charge on any atom is -0.336 e. The van der Waals surface area contributed by atoms with Crippen molar-refractivity contribution in [2.75, 3.05) is 10.6 Å². The highest BCUT2D eigenvalue weighted by molar-refractivity contribution is 6.04. The largest absolute Gasteiger partial charge is 0.336 e. The summed E-state index contributed by atoms with van der Waals surface area (Å²) in [7, 11) is 1.71. The van der Waals surface area contributed by atoms with E-state index in [1.54, 1.807) is 37.5 Å². The molecule has 0 aliphatic carbocycles. The normalized spacial score (nSPS) is 10.6. The van der Waals surface area contributed by atoms with Gasteiger partial charge in [-0.2, -0.15) is 0 Å². The molecule has 2 N–H and O–H groups in total. The van der Waals surface area contributed by atoms with Crippen molar-refractivity contribution in [1.29, 1.82) is 0 Å². The minimum absolute atomic E-state index is 0.200. The summed E-state index contributed by atoms with van der Waals surface area (Å²) in [6, 6.07) is 22.2. The Balaban J connectivity index is 1.57. The van der Waals surface area contributed by atoms with Gasteiger partial charge in [0.25, 0.3) is 11.5 Å². The Hall–Kier alpha value is -4.19. The van der Waals surface area contributed by atoms with Crippen LogP contribution in [0.4, 0.5) is 17.2 Å². The van der Waals surface area contributed by atoms with Crippen LogP contribution in [-0.2, 0) is 7.05 Å². The molecule has 1 amide bonds. The summed E-state index contributed by atoms with van der Waals surface area (Å²) >= 11 is 0. The van der Waals surface area contributed by atoms with Gasteiger partial charge in [0.1, 0.15) is 0 Å². The standard InChI is InChI=1S/C26H24N4O2/c1-17-8-7-11-22(18(17)2)23-16-30(3)26(32)24(29-23)27-21-14-12-19(13-15-21)25(31)28-20-9-5-4-6-10-20/h4-16H,1-3H3,(H,27,29)(H,28,31). The lowest BCUT2D eigenvalue weighted by atomic mass is 10.0. The van der Waals surface area contributed by atoms with Gasteiger partial charge in [-0.3, -0.25) is 9.59 Å². The van der Waals surface area contributed by atoms with Crippen molar-refractivity contribution in [3.05, 3.63) is 106 Å². The number of hydrogen-bond acceptors (Lipinski definition) is 4. The number of carbonyl (C=O) groups excluding carboxylic acids is 1. The second-order valence-electron chi connectivity index (χ2n) is 7.66. The Labute approximate surface area is 186 Å². The van der Waals surface area contributed by atoms with E-state index in [0.29, 0.717) is 11.3 Å². The Kier molecular flexibility index (Phi) is 5.85. The van der Waals surface area contributed by atoms with Gasteiger partial charge in [0.05, 0.1) is 5.69 Å². The van der Waals surface area contributed by atoms with Gasteiger partial charge in [-0.05, 0) is 61.4 Å². The second-order valence-corrected chi connectivity index (χ2v) is 7.66. The molecule has 160 valence electrons. The summed E-state index contributed by atoms with van der Waals surface area (Å²) in [5.41, 5.74) is 5.68. The van der Waals surface area contributed by atoms with E-state index in [0.717, 1.165) is 28.1 Å². The zero-order valence-electron chi connectivity index (χ0n) is 18.2. The smallest absolute Gasteiger partial charge is 0.293 e. The molecule has 0 spiro atoms. The molecule has 0 aliphatic heterocycles. The molecule has 0 bridgehead atoms. The Morgan fingerprint density at radius 2 is 1.59 bits per heavy atom. The molecule has 1 heterocycles. The predicted octanol–water partition coefficient (Wildman–Crippen LogP) is 5.06. The van der Waals surface area contributed by atoms with E-state index >= 15 is 0 Å². The van der Waals surface area contributed by atoms with E-state index in [-0.39, 0.29) is 17.3 Å². The molecular formula is C26H24N4O2. The van der Waals surface area contributed by atoms with Crippen LogP contribution >= 0.6 is 0 Å². The lowest BCUT2D eigenvalue weighted by Crippen LogP contribution is -2.21. The maximum absolute atomic E-state index is 12.7. The molecule has 3 aromatic carbocycles. The lowest BCUT2D eigenvalue weighted by Gasteiger charge is -2.12. The number of carbonyl (C=O) groups is 1. The summed E-state index contributed by atoms with van der Waals surface area (Å²) in [5, 5.41) is 5.95. The number of nitrogens with zero attached hydrogens (tertiary/aromatic N) is 2. The Bertz CT molecular complexity index is 1330. The van der Waals surface area contributed by atoms with Crippen molar-refractivity contribution in [3.8, 4) is 11.3 Å². The van der Waals surface area contributed by atoms with Crippen LogP contribution in [0.3, 0.4) is 0 Å². The fourth-order valence-corrected chi connectivity index (χ4v) is 3.41. The third-order valence-electron chi connectivity index (χ3n) is 5.39. The number of rotatable bonds is 5. The number of aryl methyl sites for hydroxylation is 2. The van der Waals surface area contributed by atoms with Gasteiger partial charge >= 0.3 is 0 Å². The first kappa shape index (κ1) is 21.1. The van der Waals surface area contributed by atoms with Crippen LogP contribution in [-0.4, -0.2) is 15.5 Å². The number of amides is 1. The molecule has 0 aliphatic rings. The van der Waals surface area contributed by atoms with Crippen LogP contribution < -0.4 is 16.2 Å². The molecule has 0 atom stereocenters. The molecule has 0 saturated carbocycles. The third kappa shape index (κ3) is 4.44. The van der Waals surface area contributed by atoms with Crippen LogP contribution in [0.5, 0.6) is 0 Å². The highest BCUT2D eigenvalue weighted by Crippen LogP contribution is 2.24. The number of benzene rings is 3. The fraction of sp³-hybridized carbons (Fsp3) is 0.115. The van der Waals surface area contributed by atoms with E-state index in [9.17, 15) is 9.59 Å². The number of aromatic nitrogens is 2. The van der Waals surface area contributed by atoms with Gasteiger partial charge in [0.2, 0.25) is 0 Å². The van der Waals surface area contributed by atoms with Crippen molar-refractivity contribution < 1.29 is 4.79 Å². The van der Waals surface area contributed by atoms with E-state index < -0.39 is 0 Å². The van der Waals surface area contributed by atoms with Crippen molar-refractivity contribution in [2.24, 2.45) is 7.05 Å². The minimum atomic E-state index is -0.232. The van der Waals surface area contributed by atoms with E-state index in [4.69, 9.17) is 0 Å². The molecule has 32 heavy (non-hydrogen) atoms. The van der Waals surface area contributed by atoms with Crippen molar-refractivity contribution in [3.63, 3.8) is 0 Å². The quantitative estimate of drug-likeness (QED) is 0.470. The third-order valence-corrected chi connectivity index (χ3v) is 5.39. The predicted molar refractivity (Wildman–Crippen MR) is 129 cm³/mol. The van der Waals surface area contributed by atoms with Crippen molar-refractivity contribution in [2.45, 2.75) is 13.8 Å². The van der Waals surface area contributed by atoms with Crippen LogP contribution in [0.2, 0.25) is 0 Å². The average molecular weight is 425 g/mol. The van der Waals surface area contributed by atoms with Crippen LogP contribution in [0, 0.1) is 13.8 Å². The first-order valence-electron chi connectivity index (χ1n) is 10.3. The van der Waals surface area contributed by atoms with Gasteiger partial charge in [0.15, 0.2) is 5.82 Å². The molecule has 0 radical (unpaired) electrons. The maximum atomic E-state index is 12.7. The Morgan fingerprint density at radius 3 is 2.31 bits per heavy atom. The first-order chi connectivity index (χ1) is 15.4. The van der Waals surface area contributed by atoms with E-state index in [2.05, 4.69) is 28.6 Å². The molecule has 0 unspecified atom stereocenters. The zero-order chi connectivity index (χ0) is 22.7. The maximum Gasteiger partial charge on any atom is 0.293 e. The summed E-state index contributed by atoms with van der Waals surface area (Å²) in [5.74, 6) is 0.0288. The second kappa shape index (κ2) is 8.89. The van der Waals surface area contributed by atoms with E-state index in [1.165, 1.54) is 4.57 Å². The first-order valence-corrected chi connectivity index (χ1v) is 10.3. The molecule has 4 aromatic rings. The number of anilines is 3. The highest BCUT2D eigenvalue weighted by Gasteiger charge is 2.12. The van der Waals surface area contributed by atoms with Gasteiger partial charge < -0.3 is 15.2 Å². The number of nitrogens with one attached hydrogen (secondary N) is 2. The summed E-state index contributed by atoms with van der Waals surface area (Å²) in [6.07, 6.45) is 1.74. The SMILES string of the molecule is Cc1cccc(-c2cn(C)c(=O)c(Nc3ccc(C(=O)Nc4ccccc4)cc3)n2)c1C. The molecule has 1 aromatic heterocycles. The number of hydrogen-bond donors (Lipinski definition) is 2. The molecule has 0 fully saturated rings. The topological polar surface area (TPSA) is 76.0 Å². The lowest BCUT2D eigenvalue weighted by molar-refractivity contribution is 0.102. The van der Waals surface area contributed by atoms with Crippen LogP contribution in [0.15, 0.2) is 83.8 Å². The average Bonchev–Trinajstić information content (AvgIpc) is 2.80. The molecule has 6 heteroatoms. The molecule has 0 saturated heterocycles.